The maximum absolute atomic E-state index is 13.9. The zero-order chi connectivity index (χ0) is 27.0. The zero-order valence-electron chi connectivity index (χ0n) is 20.5. The Morgan fingerprint density at radius 1 is 1.00 bits per heavy atom. The molecule has 0 aliphatic rings. The molecular formula is C30H22ClFN4O2S. The van der Waals surface area contributed by atoms with Gasteiger partial charge in [0, 0.05) is 38.3 Å². The second kappa shape index (κ2) is 12.3. The van der Waals surface area contributed by atoms with Gasteiger partial charge in [0.05, 0.1) is 11.9 Å². The number of aromatic nitrogens is 1. The van der Waals surface area contributed by atoms with Crippen LogP contribution in [0.3, 0.4) is 0 Å². The smallest absolute Gasteiger partial charge is 0.271 e. The number of carbonyl (C=O) groups excluding carboxylic acids is 1. The average molecular weight is 557 g/mol. The molecule has 39 heavy (non-hydrogen) atoms. The Morgan fingerprint density at radius 2 is 1.77 bits per heavy atom. The van der Waals surface area contributed by atoms with Crippen molar-refractivity contribution in [2.75, 3.05) is 5.32 Å². The summed E-state index contributed by atoms with van der Waals surface area (Å²) in [5.41, 5.74) is 6.59. The number of para-hydroxylation sites is 1. The lowest BCUT2D eigenvalue weighted by molar-refractivity contribution is 0.0955. The third-order valence-electron chi connectivity index (χ3n) is 5.65. The molecule has 1 amide bonds. The summed E-state index contributed by atoms with van der Waals surface area (Å²) in [6, 6.07) is 28.3. The van der Waals surface area contributed by atoms with Crippen molar-refractivity contribution in [3.8, 4) is 17.0 Å². The maximum atomic E-state index is 13.9. The molecule has 0 aliphatic heterocycles. The number of rotatable bonds is 9. The fourth-order valence-electron chi connectivity index (χ4n) is 3.65. The van der Waals surface area contributed by atoms with Crippen molar-refractivity contribution in [1.82, 2.24) is 10.4 Å². The van der Waals surface area contributed by atoms with Gasteiger partial charge in [0.15, 0.2) is 5.13 Å². The zero-order valence-corrected chi connectivity index (χ0v) is 22.0. The lowest BCUT2D eigenvalue weighted by Gasteiger charge is -2.10. The quantitative estimate of drug-likeness (QED) is 0.144. The monoisotopic (exact) mass is 556 g/mol. The summed E-state index contributed by atoms with van der Waals surface area (Å²) in [5.74, 6) is -0.271. The van der Waals surface area contributed by atoms with Gasteiger partial charge in [-0.1, -0.05) is 60.1 Å². The number of halogens is 2. The lowest BCUT2D eigenvalue weighted by atomic mass is 10.1. The Hall–Kier alpha value is -4.53. The number of ether oxygens (including phenoxy) is 1. The van der Waals surface area contributed by atoms with Gasteiger partial charge in [-0.3, -0.25) is 4.79 Å². The van der Waals surface area contributed by atoms with Gasteiger partial charge in [-0.05, 0) is 48.5 Å². The number of hydrogen-bond donors (Lipinski definition) is 2. The number of hydrogen-bond acceptors (Lipinski definition) is 6. The Balaban J connectivity index is 1.20. The third kappa shape index (κ3) is 6.87. The van der Waals surface area contributed by atoms with Crippen LogP contribution in [0.1, 0.15) is 21.5 Å². The van der Waals surface area contributed by atoms with Gasteiger partial charge >= 0.3 is 0 Å². The molecule has 1 aromatic heterocycles. The first-order chi connectivity index (χ1) is 19.0. The molecule has 0 saturated heterocycles. The molecule has 0 spiro atoms. The summed E-state index contributed by atoms with van der Waals surface area (Å²) in [5, 5.41) is 10.6. The van der Waals surface area contributed by atoms with Crippen LogP contribution < -0.4 is 15.5 Å². The van der Waals surface area contributed by atoms with Gasteiger partial charge in [0.2, 0.25) is 0 Å². The van der Waals surface area contributed by atoms with E-state index in [0.29, 0.717) is 27.5 Å². The first-order valence-electron chi connectivity index (χ1n) is 11.9. The van der Waals surface area contributed by atoms with Crippen LogP contribution in [0.4, 0.5) is 15.2 Å². The highest BCUT2D eigenvalue weighted by Crippen LogP contribution is 2.27. The van der Waals surface area contributed by atoms with Crippen LogP contribution in [0.2, 0.25) is 5.02 Å². The second-order valence-electron chi connectivity index (χ2n) is 8.37. The van der Waals surface area contributed by atoms with Crippen LogP contribution in [-0.4, -0.2) is 17.1 Å². The van der Waals surface area contributed by atoms with Crippen molar-refractivity contribution in [2.24, 2.45) is 5.10 Å². The minimum absolute atomic E-state index is 0.0383. The van der Waals surface area contributed by atoms with E-state index < -0.39 is 0 Å². The van der Waals surface area contributed by atoms with Gasteiger partial charge in [-0.15, -0.1) is 11.3 Å². The third-order valence-corrected chi connectivity index (χ3v) is 6.65. The second-order valence-corrected chi connectivity index (χ2v) is 9.66. The van der Waals surface area contributed by atoms with Crippen molar-refractivity contribution in [1.29, 1.82) is 0 Å². The van der Waals surface area contributed by atoms with E-state index in [4.69, 9.17) is 16.3 Å². The highest BCUT2D eigenvalue weighted by molar-refractivity contribution is 7.14. The van der Waals surface area contributed by atoms with Crippen LogP contribution in [0.15, 0.2) is 108 Å². The van der Waals surface area contributed by atoms with Crippen LogP contribution in [0.5, 0.6) is 5.75 Å². The molecule has 0 atom stereocenters. The van der Waals surface area contributed by atoms with Crippen molar-refractivity contribution in [3.05, 3.63) is 130 Å². The van der Waals surface area contributed by atoms with E-state index in [-0.39, 0.29) is 18.3 Å². The predicted octanol–water partition coefficient (Wildman–Crippen LogP) is 7.69. The first kappa shape index (κ1) is 26.1. The summed E-state index contributed by atoms with van der Waals surface area (Å²) >= 11 is 7.64. The van der Waals surface area contributed by atoms with Gasteiger partial charge in [0.1, 0.15) is 18.2 Å². The number of anilines is 2. The Labute approximate surface area is 233 Å². The molecule has 2 N–H and O–H groups in total. The van der Waals surface area contributed by atoms with Crippen molar-refractivity contribution in [3.63, 3.8) is 0 Å². The van der Waals surface area contributed by atoms with Gasteiger partial charge < -0.3 is 10.1 Å². The number of nitrogens with zero attached hydrogens (tertiary/aromatic N) is 2. The number of thiazole rings is 1. The van der Waals surface area contributed by atoms with Crippen LogP contribution in [-0.2, 0) is 6.61 Å². The highest BCUT2D eigenvalue weighted by Gasteiger charge is 2.09. The number of nitrogens with one attached hydrogen (secondary N) is 2. The molecule has 0 fully saturated rings. The molecule has 194 valence electrons. The minimum Gasteiger partial charge on any atom is -0.488 e. The Morgan fingerprint density at radius 3 is 2.56 bits per heavy atom. The number of amides is 1. The standard InChI is InChI=1S/C30H22ClFN4O2S/c31-24-14-15-28(38-18-22-6-4-5-9-26(22)32)23(16-24)17-33-36-29(37)21-12-10-20(11-13-21)27-19-39-30(35-27)34-25-7-2-1-3-8-25/h1-17,19H,18H2,(H,34,35)(H,36,37)/b33-17-. The first-order valence-corrected chi connectivity index (χ1v) is 13.2. The van der Waals surface area contributed by atoms with Gasteiger partial charge in [-0.2, -0.15) is 5.10 Å². The normalized spacial score (nSPS) is 10.9. The van der Waals surface area contributed by atoms with Crippen LogP contribution >= 0.6 is 22.9 Å². The fraction of sp³-hybridized carbons (Fsp3) is 0.0333. The van der Waals surface area contributed by atoms with Gasteiger partial charge in [-0.25, -0.2) is 14.8 Å². The molecule has 4 aromatic carbocycles. The van der Waals surface area contributed by atoms with Crippen LogP contribution in [0, 0.1) is 5.82 Å². The average Bonchev–Trinajstić information content (AvgIpc) is 3.42. The summed E-state index contributed by atoms with van der Waals surface area (Å²) in [6.45, 7) is 0.0383. The lowest BCUT2D eigenvalue weighted by Crippen LogP contribution is -2.17. The number of benzene rings is 4. The van der Waals surface area contributed by atoms with E-state index in [1.807, 2.05) is 47.8 Å². The molecule has 6 nitrogen and oxygen atoms in total. The molecule has 0 bridgehead atoms. The van der Waals surface area contributed by atoms with Crippen molar-refractivity contribution >= 4 is 45.9 Å². The summed E-state index contributed by atoms with van der Waals surface area (Å²) in [6.07, 6.45) is 1.44. The maximum Gasteiger partial charge on any atom is 0.271 e. The molecule has 0 radical (unpaired) electrons. The van der Waals surface area contributed by atoms with Crippen LogP contribution in [0.25, 0.3) is 11.3 Å². The molecule has 1 heterocycles. The highest BCUT2D eigenvalue weighted by atomic mass is 35.5. The molecule has 0 aliphatic carbocycles. The summed E-state index contributed by atoms with van der Waals surface area (Å²) in [7, 11) is 0. The Kier molecular flexibility index (Phi) is 8.26. The molecule has 9 heteroatoms. The van der Waals surface area contributed by atoms with E-state index in [0.717, 1.165) is 22.1 Å². The Bertz CT molecular complexity index is 1610. The molecular weight excluding hydrogens is 535 g/mol. The van der Waals surface area contributed by atoms with E-state index in [1.54, 1.807) is 48.5 Å². The number of carbonyl (C=O) groups is 1. The van der Waals surface area contributed by atoms with E-state index in [2.05, 4.69) is 20.8 Å². The van der Waals surface area contributed by atoms with Crippen molar-refractivity contribution < 1.29 is 13.9 Å². The summed E-state index contributed by atoms with van der Waals surface area (Å²) < 4.78 is 19.7. The largest absolute Gasteiger partial charge is 0.488 e. The fourth-order valence-corrected chi connectivity index (χ4v) is 4.57. The predicted molar refractivity (Wildman–Crippen MR) is 155 cm³/mol. The van der Waals surface area contributed by atoms with E-state index >= 15 is 0 Å². The van der Waals surface area contributed by atoms with E-state index in [1.165, 1.54) is 23.6 Å². The molecule has 0 saturated carbocycles. The SMILES string of the molecule is O=C(N/N=C\c1cc(Cl)ccc1OCc1ccccc1F)c1ccc(-c2csc(Nc3ccccc3)n2)cc1. The minimum atomic E-state index is -0.377. The molecule has 0 unspecified atom stereocenters. The van der Waals surface area contributed by atoms with Gasteiger partial charge in [0.25, 0.3) is 5.91 Å². The van der Waals surface area contributed by atoms with E-state index in [9.17, 15) is 9.18 Å². The van der Waals surface area contributed by atoms with Crippen molar-refractivity contribution in [2.45, 2.75) is 6.61 Å². The summed E-state index contributed by atoms with van der Waals surface area (Å²) in [4.78, 5) is 17.3. The molecule has 5 rings (SSSR count). The number of hydrazone groups is 1. The topological polar surface area (TPSA) is 75.6 Å². The molecule has 5 aromatic rings.